The van der Waals surface area contributed by atoms with Crippen LogP contribution < -0.4 is 5.56 Å². The van der Waals surface area contributed by atoms with E-state index in [0.29, 0.717) is 21.8 Å². The highest BCUT2D eigenvalue weighted by atomic mass is 32.2. The fourth-order valence-corrected chi connectivity index (χ4v) is 3.05. The summed E-state index contributed by atoms with van der Waals surface area (Å²) in [6.45, 7) is 0. The summed E-state index contributed by atoms with van der Waals surface area (Å²) in [5, 5.41) is 19.3. The average molecular weight is 363 g/mol. The molecule has 2 N–H and O–H groups in total. The van der Waals surface area contributed by atoms with Crippen molar-refractivity contribution in [2.75, 3.05) is 6.26 Å². The number of aromatic nitrogens is 2. The summed E-state index contributed by atoms with van der Waals surface area (Å²) in [6, 6.07) is 15.5. The lowest BCUT2D eigenvalue weighted by Crippen LogP contribution is -2.15. The SMILES string of the molecule is CSc1nc(-c2ccccc2-c2ccccc2C(=O)O)c(C#N)c(=O)[nH]1. The van der Waals surface area contributed by atoms with Gasteiger partial charge < -0.3 is 10.1 Å². The number of benzene rings is 2. The van der Waals surface area contributed by atoms with Crippen LogP contribution in [0, 0.1) is 11.3 Å². The predicted octanol–water partition coefficient (Wildman–Crippen LogP) is 3.40. The van der Waals surface area contributed by atoms with Crippen LogP contribution in [0.15, 0.2) is 58.5 Å². The molecule has 3 rings (SSSR count). The van der Waals surface area contributed by atoms with Gasteiger partial charge in [-0.2, -0.15) is 5.26 Å². The van der Waals surface area contributed by atoms with Crippen molar-refractivity contribution in [3.63, 3.8) is 0 Å². The number of aromatic amines is 1. The second-order valence-corrected chi connectivity index (χ2v) is 6.10. The van der Waals surface area contributed by atoms with Gasteiger partial charge in [0.25, 0.3) is 5.56 Å². The number of nitriles is 1. The number of aromatic carboxylic acids is 1. The molecule has 0 atom stereocenters. The number of nitrogens with one attached hydrogen (secondary N) is 1. The molecule has 0 fully saturated rings. The largest absolute Gasteiger partial charge is 0.478 e. The topological polar surface area (TPSA) is 107 Å². The van der Waals surface area contributed by atoms with E-state index in [-0.39, 0.29) is 16.8 Å². The minimum Gasteiger partial charge on any atom is -0.478 e. The highest BCUT2D eigenvalue weighted by molar-refractivity contribution is 7.98. The summed E-state index contributed by atoms with van der Waals surface area (Å²) in [7, 11) is 0. The molecule has 6 nitrogen and oxygen atoms in total. The predicted molar refractivity (Wildman–Crippen MR) is 99.2 cm³/mol. The van der Waals surface area contributed by atoms with Crippen molar-refractivity contribution >= 4 is 17.7 Å². The zero-order chi connectivity index (χ0) is 18.7. The Kier molecular flexibility index (Phi) is 4.87. The molecule has 0 aliphatic heterocycles. The Balaban J connectivity index is 2.36. The summed E-state index contributed by atoms with van der Waals surface area (Å²) in [5.41, 5.74) is 1.34. The van der Waals surface area contributed by atoms with Gasteiger partial charge in [-0.1, -0.05) is 54.2 Å². The molecule has 7 heteroatoms. The molecule has 0 bridgehead atoms. The first-order valence-electron chi connectivity index (χ1n) is 7.57. The van der Waals surface area contributed by atoms with Crippen LogP contribution in [0.4, 0.5) is 0 Å². The second-order valence-electron chi connectivity index (χ2n) is 5.31. The lowest BCUT2D eigenvalue weighted by Gasteiger charge is -2.13. The van der Waals surface area contributed by atoms with Crippen LogP contribution >= 0.6 is 11.8 Å². The van der Waals surface area contributed by atoms with E-state index in [4.69, 9.17) is 0 Å². The first kappa shape index (κ1) is 17.5. The zero-order valence-corrected chi connectivity index (χ0v) is 14.5. The first-order valence-corrected chi connectivity index (χ1v) is 8.79. The molecule has 0 radical (unpaired) electrons. The Hall–Kier alpha value is -3.37. The van der Waals surface area contributed by atoms with Gasteiger partial charge in [-0.3, -0.25) is 4.79 Å². The van der Waals surface area contributed by atoms with E-state index in [0.717, 1.165) is 0 Å². The molecule has 0 aliphatic carbocycles. The van der Waals surface area contributed by atoms with Gasteiger partial charge in [0, 0.05) is 5.56 Å². The molecule has 26 heavy (non-hydrogen) atoms. The van der Waals surface area contributed by atoms with Gasteiger partial charge >= 0.3 is 5.97 Å². The van der Waals surface area contributed by atoms with E-state index in [1.165, 1.54) is 17.8 Å². The van der Waals surface area contributed by atoms with E-state index in [1.807, 2.05) is 6.07 Å². The molecule has 0 unspecified atom stereocenters. The van der Waals surface area contributed by atoms with E-state index < -0.39 is 11.5 Å². The van der Waals surface area contributed by atoms with Crippen molar-refractivity contribution in [3.8, 4) is 28.5 Å². The van der Waals surface area contributed by atoms with Crippen molar-refractivity contribution in [2.24, 2.45) is 0 Å². The third-order valence-corrected chi connectivity index (χ3v) is 4.41. The van der Waals surface area contributed by atoms with Crippen molar-refractivity contribution in [1.29, 1.82) is 5.26 Å². The first-order chi connectivity index (χ1) is 12.6. The number of carboxylic acid groups (broad SMARTS) is 1. The van der Waals surface area contributed by atoms with Crippen LogP contribution in [0.1, 0.15) is 15.9 Å². The molecule has 1 aromatic heterocycles. The standard InChI is InChI=1S/C19H13N3O3S/c1-26-19-21-16(15(10-20)17(23)22-19)13-8-4-2-6-11(13)12-7-3-5-9-14(12)18(24)25/h2-9H,1H3,(H,24,25)(H,21,22,23). The zero-order valence-electron chi connectivity index (χ0n) is 13.7. The maximum Gasteiger partial charge on any atom is 0.336 e. The fourth-order valence-electron chi connectivity index (χ4n) is 2.68. The third kappa shape index (κ3) is 3.10. The van der Waals surface area contributed by atoms with Gasteiger partial charge in [0.1, 0.15) is 11.6 Å². The van der Waals surface area contributed by atoms with Gasteiger partial charge in [-0.15, -0.1) is 0 Å². The molecule has 3 aromatic rings. The van der Waals surface area contributed by atoms with Crippen LogP contribution in [-0.2, 0) is 0 Å². The summed E-state index contributed by atoms with van der Waals surface area (Å²) >= 11 is 1.25. The van der Waals surface area contributed by atoms with Crippen LogP contribution in [0.5, 0.6) is 0 Å². The Morgan fingerprint density at radius 1 is 1.12 bits per heavy atom. The van der Waals surface area contributed by atoms with Gasteiger partial charge in [0.15, 0.2) is 5.16 Å². The summed E-state index contributed by atoms with van der Waals surface area (Å²) in [4.78, 5) is 30.8. The molecule has 0 aliphatic rings. The molecule has 0 saturated carbocycles. The molecule has 0 saturated heterocycles. The summed E-state index contributed by atoms with van der Waals surface area (Å²) in [6.07, 6.45) is 1.76. The lowest BCUT2D eigenvalue weighted by molar-refractivity contribution is 0.0697. The van der Waals surface area contributed by atoms with Gasteiger partial charge in [-0.25, -0.2) is 9.78 Å². The fraction of sp³-hybridized carbons (Fsp3) is 0.0526. The number of carbonyl (C=O) groups is 1. The van der Waals surface area contributed by atoms with Crippen molar-refractivity contribution in [1.82, 2.24) is 9.97 Å². The number of carboxylic acids is 1. The number of rotatable bonds is 4. The number of nitrogens with zero attached hydrogens (tertiary/aromatic N) is 2. The number of thioether (sulfide) groups is 1. The van der Waals surface area contributed by atoms with Crippen molar-refractivity contribution in [3.05, 3.63) is 70.0 Å². The van der Waals surface area contributed by atoms with Crippen LogP contribution in [0.25, 0.3) is 22.4 Å². The van der Waals surface area contributed by atoms with Crippen LogP contribution in [-0.4, -0.2) is 27.3 Å². The van der Waals surface area contributed by atoms with Crippen LogP contribution in [0.2, 0.25) is 0 Å². The Labute approximate surface area is 153 Å². The summed E-state index contributed by atoms with van der Waals surface area (Å²) in [5.74, 6) is -1.06. The minimum atomic E-state index is -1.06. The molecule has 128 valence electrons. The Morgan fingerprint density at radius 3 is 2.35 bits per heavy atom. The van der Waals surface area contributed by atoms with Crippen molar-refractivity contribution < 1.29 is 9.90 Å². The second kappa shape index (κ2) is 7.25. The van der Waals surface area contributed by atoms with Gasteiger partial charge in [0.2, 0.25) is 0 Å². The Morgan fingerprint density at radius 2 is 1.73 bits per heavy atom. The monoisotopic (exact) mass is 363 g/mol. The average Bonchev–Trinajstić information content (AvgIpc) is 2.67. The Bertz CT molecular complexity index is 1100. The van der Waals surface area contributed by atoms with E-state index >= 15 is 0 Å². The lowest BCUT2D eigenvalue weighted by atomic mass is 9.93. The number of hydrogen-bond donors (Lipinski definition) is 2. The number of H-pyrrole nitrogens is 1. The molecule has 0 amide bonds. The van der Waals surface area contributed by atoms with Gasteiger partial charge in [0.05, 0.1) is 11.3 Å². The molecule has 0 spiro atoms. The summed E-state index contributed by atoms with van der Waals surface area (Å²) < 4.78 is 0. The smallest absolute Gasteiger partial charge is 0.336 e. The number of hydrogen-bond acceptors (Lipinski definition) is 5. The van der Waals surface area contributed by atoms with Gasteiger partial charge in [-0.05, 0) is 23.4 Å². The van der Waals surface area contributed by atoms with E-state index in [1.54, 1.807) is 48.7 Å². The van der Waals surface area contributed by atoms with E-state index in [2.05, 4.69) is 9.97 Å². The third-order valence-electron chi connectivity index (χ3n) is 3.83. The quantitative estimate of drug-likeness (QED) is 0.543. The maximum atomic E-state index is 12.2. The van der Waals surface area contributed by atoms with E-state index in [9.17, 15) is 20.0 Å². The van der Waals surface area contributed by atoms with Crippen LogP contribution in [0.3, 0.4) is 0 Å². The van der Waals surface area contributed by atoms with Crippen molar-refractivity contribution in [2.45, 2.75) is 5.16 Å². The normalized spacial score (nSPS) is 10.3. The highest BCUT2D eigenvalue weighted by Crippen LogP contribution is 2.34. The molecule has 2 aromatic carbocycles. The maximum absolute atomic E-state index is 12.2. The molecular formula is C19H13N3O3S. The highest BCUT2D eigenvalue weighted by Gasteiger charge is 2.19. The minimum absolute atomic E-state index is 0.108. The molecular weight excluding hydrogens is 350 g/mol. The molecule has 1 heterocycles.